The van der Waals surface area contributed by atoms with Gasteiger partial charge in [0.2, 0.25) is 0 Å². The standard InChI is InChI=1S/C14H17FO/c1-14(2,9-16)13-5-3-4-10-8-11(15)6-7-12(10)13/h6-9,13H,3-5H2,1-2H3. The van der Waals surface area contributed by atoms with Crippen LogP contribution in [0.3, 0.4) is 0 Å². The van der Waals surface area contributed by atoms with E-state index >= 15 is 0 Å². The third-order valence-electron chi connectivity index (χ3n) is 3.62. The predicted molar refractivity (Wildman–Crippen MR) is 61.9 cm³/mol. The molecule has 1 unspecified atom stereocenters. The molecule has 0 aliphatic heterocycles. The Labute approximate surface area is 95.7 Å². The van der Waals surface area contributed by atoms with E-state index in [2.05, 4.69) is 0 Å². The van der Waals surface area contributed by atoms with Crippen LogP contribution in [0.4, 0.5) is 4.39 Å². The second kappa shape index (κ2) is 4.00. The Morgan fingerprint density at radius 3 is 2.88 bits per heavy atom. The first kappa shape index (κ1) is 11.3. The SMILES string of the molecule is CC(C)(C=O)C1CCCc2cc(F)ccc21. The molecule has 1 aliphatic rings. The van der Waals surface area contributed by atoms with Crippen molar-refractivity contribution in [1.82, 2.24) is 0 Å². The molecule has 1 nitrogen and oxygen atoms in total. The van der Waals surface area contributed by atoms with Gasteiger partial charge in [-0.1, -0.05) is 19.9 Å². The summed E-state index contributed by atoms with van der Waals surface area (Å²) in [6.45, 7) is 3.92. The summed E-state index contributed by atoms with van der Waals surface area (Å²) in [4.78, 5) is 11.1. The van der Waals surface area contributed by atoms with Gasteiger partial charge in [0, 0.05) is 5.41 Å². The highest BCUT2D eigenvalue weighted by molar-refractivity contribution is 5.61. The molecule has 0 radical (unpaired) electrons. The van der Waals surface area contributed by atoms with Crippen molar-refractivity contribution in [3.63, 3.8) is 0 Å². The maximum atomic E-state index is 13.1. The number of carbonyl (C=O) groups excluding carboxylic acids is 1. The molecule has 0 fully saturated rings. The average Bonchev–Trinajstić information content (AvgIpc) is 2.27. The van der Waals surface area contributed by atoms with Crippen LogP contribution in [-0.4, -0.2) is 6.29 Å². The molecule has 1 atom stereocenters. The number of fused-ring (bicyclic) bond motifs is 1. The van der Waals surface area contributed by atoms with Crippen molar-refractivity contribution < 1.29 is 9.18 Å². The van der Waals surface area contributed by atoms with Crippen LogP contribution >= 0.6 is 0 Å². The second-order valence-electron chi connectivity index (χ2n) is 5.23. The van der Waals surface area contributed by atoms with Crippen molar-refractivity contribution in [3.8, 4) is 0 Å². The molecule has 1 aromatic rings. The summed E-state index contributed by atoms with van der Waals surface area (Å²) >= 11 is 0. The molecule has 0 N–H and O–H groups in total. The summed E-state index contributed by atoms with van der Waals surface area (Å²) in [7, 11) is 0. The van der Waals surface area contributed by atoms with Crippen LogP contribution in [-0.2, 0) is 11.2 Å². The van der Waals surface area contributed by atoms with Gasteiger partial charge in [-0.25, -0.2) is 4.39 Å². The minimum atomic E-state index is -0.354. The molecule has 0 bridgehead atoms. The molecule has 1 aliphatic carbocycles. The largest absolute Gasteiger partial charge is 0.303 e. The molecule has 0 spiro atoms. The lowest BCUT2D eigenvalue weighted by atomic mass is 9.69. The van der Waals surface area contributed by atoms with Gasteiger partial charge >= 0.3 is 0 Å². The van der Waals surface area contributed by atoms with Crippen molar-refractivity contribution in [3.05, 3.63) is 35.1 Å². The maximum absolute atomic E-state index is 13.1. The lowest BCUT2D eigenvalue weighted by molar-refractivity contribution is -0.115. The number of benzene rings is 1. The van der Waals surface area contributed by atoms with Gasteiger partial charge in [-0.3, -0.25) is 0 Å². The molecule has 1 aromatic carbocycles. The Balaban J connectivity index is 2.44. The molecule has 16 heavy (non-hydrogen) atoms. The molecule has 2 heteroatoms. The summed E-state index contributed by atoms with van der Waals surface area (Å²) in [6, 6.07) is 4.96. The molecule has 0 heterocycles. The van der Waals surface area contributed by atoms with Crippen LogP contribution in [0, 0.1) is 11.2 Å². The van der Waals surface area contributed by atoms with Crippen LogP contribution in [0.2, 0.25) is 0 Å². The van der Waals surface area contributed by atoms with Gasteiger partial charge < -0.3 is 4.79 Å². The highest BCUT2D eigenvalue weighted by atomic mass is 19.1. The van der Waals surface area contributed by atoms with Crippen molar-refractivity contribution >= 4 is 6.29 Å². The summed E-state index contributed by atoms with van der Waals surface area (Å²) in [5.74, 6) is 0.0534. The van der Waals surface area contributed by atoms with E-state index in [0.29, 0.717) is 0 Å². The van der Waals surface area contributed by atoms with Crippen molar-refractivity contribution in [2.24, 2.45) is 5.41 Å². The first-order valence-corrected chi connectivity index (χ1v) is 5.79. The highest BCUT2D eigenvalue weighted by Gasteiger charge is 2.33. The van der Waals surface area contributed by atoms with E-state index in [1.165, 1.54) is 6.07 Å². The summed E-state index contributed by atoms with van der Waals surface area (Å²) < 4.78 is 13.1. The Morgan fingerprint density at radius 2 is 2.19 bits per heavy atom. The molecular formula is C14H17FO. The van der Waals surface area contributed by atoms with Gasteiger partial charge in [0.1, 0.15) is 12.1 Å². The van der Waals surface area contributed by atoms with E-state index in [0.717, 1.165) is 36.7 Å². The lowest BCUT2D eigenvalue weighted by Crippen LogP contribution is -2.27. The first-order valence-electron chi connectivity index (χ1n) is 5.79. The van der Waals surface area contributed by atoms with E-state index in [1.807, 2.05) is 19.9 Å². The van der Waals surface area contributed by atoms with E-state index in [4.69, 9.17) is 0 Å². The summed E-state index contributed by atoms with van der Waals surface area (Å²) in [5.41, 5.74) is 1.88. The zero-order chi connectivity index (χ0) is 11.8. The van der Waals surface area contributed by atoms with Crippen molar-refractivity contribution in [2.45, 2.75) is 39.0 Å². The fourth-order valence-corrected chi connectivity index (χ4v) is 2.64. The molecule has 2 rings (SSSR count). The highest BCUT2D eigenvalue weighted by Crippen LogP contribution is 2.42. The lowest BCUT2D eigenvalue weighted by Gasteiger charge is -2.34. The van der Waals surface area contributed by atoms with Gasteiger partial charge in [0.15, 0.2) is 0 Å². The molecule has 0 aromatic heterocycles. The van der Waals surface area contributed by atoms with E-state index < -0.39 is 0 Å². The Morgan fingerprint density at radius 1 is 1.44 bits per heavy atom. The summed E-state index contributed by atoms with van der Waals surface area (Å²) in [5, 5.41) is 0. The number of aryl methyl sites for hydroxylation is 1. The van der Waals surface area contributed by atoms with Crippen LogP contribution in [0.1, 0.15) is 43.7 Å². The minimum Gasteiger partial charge on any atom is -0.303 e. The summed E-state index contributed by atoms with van der Waals surface area (Å²) in [6.07, 6.45) is 4.01. The van der Waals surface area contributed by atoms with Crippen LogP contribution in [0.15, 0.2) is 18.2 Å². The number of rotatable bonds is 2. The van der Waals surface area contributed by atoms with E-state index in [1.54, 1.807) is 6.07 Å². The monoisotopic (exact) mass is 220 g/mol. The van der Waals surface area contributed by atoms with Crippen LogP contribution < -0.4 is 0 Å². The number of carbonyl (C=O) groups is 1. The molecule has 0 saturated carbocycles. The Bertz CT molecular complexity index is 409. The third-order valence-corrected chi connectivity index (χ3v) is 3.62. The third kappa shape index (κ3) is 1.89. The van der Waals surface area contributed by atoms with Gasteiger partial charge in [-0.2, -0.15) is 0 Å². The predicted octanol–water partition coefficient (Wildman–Crippen LogP) is 3.47. The Hall–Kier alpha value is -1.18. The van der Waals surface area contributed by atoms with E-state index in [-0.39, 0.29) is 17.2 Å². The molecule has 0 amide bonds. The molecule has 0 saturated heterocycles. The number of aldehydes is 1. The first-order chi connectivity index (χ1) is 7.54. The fourth-order valence-electron chi connectivity index (χ4n) is 2.64. The smallest absolute Gasteiger partial charge is 0.126 e. The van der Waals surface area contributed by atoms with E-state index in [9.17, 15) is 9.18 Å². The van der Waals surface area contributed by atoms with Gasteiger partial charge in [0.25, 0.3) is 0 Å². The zero-order valence-electron chi connectivity index (χ0n) is 9.79. The van der Waals surface area contributed by atoms with Crippen molar-refractivity contribution in [1.29, 1.82) is 0 Å². The minimum absolute atomic E-state index is 0.177. The topological polar surface area (TPSA) is 17.1 Å². The molecular weight excluding hydrogens is 203 g/mol. The number of halogens is 1. The van der Waals surface area contributed by atoms with Crippen molar-refractivity contribution in [2.75, 3.05) is 0 Å². The van der Waals surface area contributed by atoms with Gasteiger partial charge in [0.05, 0.1) is 0 Å². The maximum Gasteiger partial charge on any atom is 0.126 e. The number of hydrogen-bond donors (Lipinski definition) is 0. The van der Waals surface area contributed by atoms with Crippen LogP contribution in [0.5, 0.6) is 0 Å². The van der Waals surface area contributed by atoms with Gasteiger partial charge in [-0.05, 0) is 48.4 Å². The fraction of sp³-hybridized carbons (Fsp3) is 0.500. The normalized spacial score (nSPS) is 20.3. The second-order valence-corrected chi connectivity index (χ2v) is 5.23. The zero-order valence-corrected chi connectivity index (χ0v) is 9.79. The average molecular weight is 220 g/mol. The van der Waals surface area contributed by atoms with Gasteiger partial charge in [-0.15, -0.1) is 0 Å². The Kier molecular flexibility index (Phi) is 2.83. The number of hydrogen-bond acceptors (Lipinski definition) is 1. The molecule has 86 valence electrons. The quantitative estimate of drug-likeness (QED) is 0.697. The van der Waals surface area contributed by atoms with Crippen LogP contribution in [0.25, 0.3) is 0 Å².